The van der Waals surface area contributed by atoms with Crippen LogP contribution < -0.4 is 21.1 Å². The number of rotatable bonds is 11. The van der Waals surface area contributed by atoms with Crippen LogP contribution >= 0.6 is 23.2 Å². The lowest BCUT2D eigenvalue weighted by atomic mass is 10.1. The number of nitrogens with two attached hydrogens (primary N) is 1. The number of likely N-dealkylation sites (N-methyl/N-ethyl adjacent to an activating group) is 1. The zero-order valence-electron chi connectivity index (χ0n) is 22.2. The fourth-order valence-electron chi connectivity index (χ4n) is 3.62. The number of nitrogens with zero attached hydrogens (tertiary/aromatic N) is 3. The summed E-state index contributed by atoms with van der Waals surface area (Å²) in [5.74, 6) is 0.560. The molecule has 0 aliphatic rings. The molecule has 0 bridgehead atoms. The van der Waals surface area contributed by atoms with Crippen molar-refractivity contribution < 1.29 is 23.4 Å². The Morgan fingerprint density at radius 2 is 1.83 bits per heavy atom. The molecular formula is C27H26BCl2FN6O4. The Hall–Kier alpha value is -4.05. The van der Waals surface area contributed by atoms with Gasteiger partial charge in [-0.1, -0.05) is 37.0 Å². The number of anilines is 2. The zero-order chi connectivity index (χ0) is 29.9. The molecule has 10 nitrogen and oxygen atoms in total. The Labute approximate surface area is 248 Å². The van der Waals surface area contributed by atoms with Crippen molar-refractivity contribution in [2.24, 2.45) is 0 Å². The smallest absolute Gasteiger partial charge is 0.392 e. The summed E-state index contributed by atoms with van der Waals surface area (Å²) in [6, 6.07) is 9.89. The maximum Gasteiger partial charge on any atom is 0.392 e. The van der Waals surface area contributed by atoms with Gasteiger partial charge in [-0.3, -0.25) is 9.59 Å². The molecule has 2 radical (unpaired) electrons. The molecule has 1 atom stereocenters. The fraction of sp³-hybridized carbons (Fsp3) is 0.259. The Morgan fingerprint density at radius 3 is 2.49 bits per heavy atom. The molecule has 212 valence electrons. The third-order valence-corrected chi connectivity index (χ3v) is 6.58. The first kappa shape index (κ1) is 31.5. The summed E-state index contributed by atoms with van der Waals surface area (Å²) in [4.78, 5) is 27.5. The molecule has 2 amide bonds. The number of amides is 2. The number of hydrogen-bond donors (Lipinski definition) is 3. The van der Waals surface area contributed by atoms with Gasteiger partial charge in [0.05, 0.1) is 16.2 Å². The summed E-state index contributed by atoms with van der Waals surface area (Å²) in [6.07, 6.45) is 0.837. The van der Waals surface area contributed by atoms with Crippen LogP contribution in [0, 0.1) is 17.8 Å². The summed E-state index contributed by atoms with van der Waals surface area (Å²) in [5.41, 5.74) is 6.56. The van der Waals surface area contributed by atoms with Crippen LogP contribution in [0.25, 0.3) is 0 Å². The topological polar surface area (TPSA) is 132 Å². The number of nitrogen functional groups attached to an aromatic ring is 1. The average Bonchev–Trinajstić information content (AvgIpc) is 2.97. The number of halogens is 3. The number of benzene rings is 2. The van der Waals surface area contributed by atoms with Gasteiger partial charge in [0.15, 0.2) is 23.4 Å². The Morgan fingerprint density at radius 1 is 1.12 bits per heavy atom. The number of nitrogens with one attached hydrogen (secondary N) is 2. The number of ether oxygens (including phenoxy) is 1. The SMILES string of the molecule is [B]OC#C[C@@H](Oc1cc(C(=O)Nc2ccc(C(=O)NCCN(CC)CC)cc2)nnc1N)c1c(Cl)ccc(F)c1Cl. The first-order chi connectivity index (χ1) is 19.7. The number of carbonyl (C=O) groups excluding carboxylic acids is 2. The van der Waals surface area contributed by atoms with E-state index in [1.54, 1.807) is 24.3 Å². The minimum Gasteiger partial charge on any atom is -0.527 e. The summed E-state index contributed by atoms with van der Waals surface area (Å²) < 4.78 is 24.2. The molecule has 1 heterocycles. The van der Waals surface area contributed by atoms with E-state index >= 15 is 0 Å². The predicted molar refractivity (Wildman–Crippen MR) is 155 cm³/mol. The predicted octanol–water partition coefficient (Wildman–Crippen LogP) is 4.01. The van der Waals surface area contributed by atoms with E-state index in [0.717, 1.165) is 25.7 Å². The highest BCUT2D eigenvalue weighted by Gasteiger charge is 2.23. The molecule has 0 fully saturated rings. The molecule has 41 heavy (non-hydrogen) atoms. The van der Waals surface area contributed by atoms with Gasteiger partial charge in [0.25, 0.3) is 11.8 Å². The quantitative estimate of drug-likeness (QED) is 0.171. The first-order valence-corrected chi connectivity index (χ1v) is 13.1. The standard InChI is InChI=1S/C27H26BCl2FN6O4/c1-3-37(4-2)13-12-33-26(38)16-5-7-17(8-6-16)34-27(39)20-15-22(25(32)36-35-20)41-21(11-14-40-28)23-18(29)9-10-19(31)24(23)30/h5-10,15,21H,3-4,12-13H2,1-2H3,(H2,32,36)(H,33,38)(H,34,39)/t21-/m1/s1. The maximum atomic E-state index is 14.1. The summed E-state index contributed by atoms with van der Waals surface area (Å²) in [6.45, 7) is 7.19. The van der Waals surface area contributed by atoms with Crippen LogP contribution in [-0.2, 0) is 4.65 Å². The lowest BCUT2D eigenvalue weighted by Crippen LogP contribution is -2.34. The molecule has 4 N–H and O–H groups in total. The van der Waals surface area contributed by atoms with Crippen LogP contribution in [0.5, 0.6) is 5.75 Å². The molecule has 0 saturated heterocycles. The fourth-order valence-corrected chi connectivity index (χ4v) is 4.19. The second kappa shape index (κ2) is 15.1. The molecule has 3 rings (SSSR count). The molecule has 2 aromatic carbocycles. The van der Waals surface area contributed by atoms with E-state index in [4.69, 9.17) is 41.7 Å². The van der Waals surface area contributed by atoms with Gasteiger partial charge in [0.2, 0.25) is 0 Å². The largest absolute Gasteiger partial charge is 0.527 e. The van der Waals surface area contributed by atoms with Gasteiger partial charge in [0, 0.05) is 36.0 Å². The van der Waals surface area contributed by atoms with E-state index < -0.39 is 17.8 Å². The van der Waals surface area contributed by atoms with Crippen LogP contribution in [-0.4, -0.2) is 61.1 Å². The van der Waals surface area contributed by atoms with Crippen molar-refractivity contribution in [2.75, 3.05) is 37.2 Å². The van der Waals surface area contributed by atoms with Crippen molar-refractivity contribution in [1.82, 2.24) is 20.4 Å². The molecule has 0 aliphatic heterocycles. The Kier molecular flexibility index (Phi) is 11.6. The average molecular weight is 599 g/mol. The first-order valence-electron chi connectivity index (χ1n) is 12.4. The van der Waals surface area contributed by atoms with Crippen molar-refractivity contribution in [3.8, 4) is 17.8 Å². The molecule has 3 aromatic rings. The molecule has 0 spiro atoms. The highest BCUT2D eigenvalue weighted by Crippen LogP contribution is 2.36. The number of carbonyl (C=O) groups is 2. The van der Waals surface area contributed by atoms with Gasteiger partial charge >= 0.3 is 8.05 Å². The monoisotopic (exact) mass is 598 g/mol. The molecule has 0 saturated carbocycles. The normalized spacial score (nSPS) is 11.3. The summed E-state index contributed by atoms with van der Waals surface area (Å²) >= 11 is 12.3. The zero-order valence-corrected chi connectivity index (χ0v) is 23.7. The second-order valence-corrected chi connectivity index (χ2v) is 9.20. The van der Waals surface area contributed by atoms with Crippen LogP contribution in [0.1, 0.15) is 46.4 Å². The van der Waals surface area contributed by atoms with E-state index in [-0.39, 0.29) is 38.8 Å². The van der Waals surface area contributed by atoms with Crippen LogP contribution in [0.3, 0.4) is 0 Å². The van der Waals surface area contributed by atoms with Gasteiger partial charge in [-0.2, -0.15) is 0 Å². The third kappa shape index (κ3) is 8.47. The Balaban J connectivity index is 1.73. The lowest BCUT2D eigenvalue weighted by molar-refractivity contribution is 0.0948. The van der Waals surface area contributed by atoms with E-state index in [2.05, 4.69) is 56.3 Å². The second-order valence-electron chi connectivity index (χ2n) is 8.41. The highest BCUT2D eigenvalue weighted by molar-refractivity contribution is 6.36. The van der Waals surface area contributed by atoms with Crippen LogP contribution in [0.15, 0.2) is 42.5 Å². The van der Waals surface area contributed by atoms with Crippen molar-refractivity contribution in [3.05, 3.63) is 75.1 Å². The maximum absolute atomic E-state index is 14.1. The minimum atomic E-state index is -1.30. The van der Waals surface area contributed by atoms with E-state index in [1.807, 2.05) is 0 Å². The van der Waals surface area contributed by atoms with Gasteiger partial charge in [-0.05, 0) is 55.4 Å². The summed E-state index contributed by atoms with van der Waals surface area (Å²) in [7, 11) is 5.00. The number of hydrogen-bond acceptors (Lipinski definition) is 8. The Bertz CT molecular complexity index is 1450. The van der Waals surface area contributed by atoms with Crippen molar-refractivity contribution in [1.29, 1.82) is 0 Å². The highest BCUT2D eigenvalue weighted by atomic mass is 35.5. The van der Waals surface area contributed by atoms with Crippen molar-refractivity contribution >= 4 is 54.6 Å². The van der Waals surface area contributed by atoms with E-state index in [0.29, 0.717) is 17.8 Å². The lowest BCUT2D eigenvalue weighted by Gasteiger charge is -2.18. The molecule has 0 aliphatic carbocycles. The van der Waals surface area contributed by atoms with E-state index in [1.165, 1.54) is 12.1 Å². The molecule has 0 unspecified atom stereocenters. The molecule has 1 aromatic heterocycles. The molecule has 14 heteroatoms. The summed E-state index contributed by atoms with van der Waals surface area (Å²) in [5, 5.41) is 12.8. The van der Waals surface area contributed by atoms with Crippen molar-refractivity contribution in [3.63, 3.8) is 0 Å². The van der Waals surface area contributed by atoms with Gasteiger partial charge in [0.1, 0.15) is 5.82 Å². The molecular weight excluding hydrogens is 573 g/mol. The number of aromatic nitrogens is 2. The van der Waals surface area contributed by atoms with Gasteiger partial charge in [-0.15, -0.1) is 10.2 Å². The van der Waals surface area contributed by atoms with Crippen molar-refractivity contribution in [2.45, 2.75) is 20.0 Å². The van der Waals surface area contributed by atoms with Crippen LogP contribution in [0.4, 0.5) is 15.9 Å². The van der Waals surface area contributed by atoms with E-state index in [9.17, 15) is 14.0 Å². The van der Waals surface area contributed by atoms with Gasteiger partial charge in [-0.25, -0.2) is 4.39 Å². The third-order valence-electron chi connectivity index (χ3n) is 5.87. The van der Waals surface area contributed by atoms with Crippen LogP contribution in [0.2, 0.25) is 10.0 Å². The van der Waals surface area contributed by atoms with Gasteiger partial charge < -0.3 is 30.7 Å². The minimum absolute atomic E-state index is 0.0164.